The van der Waals surface area contributed by atoms with Crippen molar-refractivity contribution in [3.05, 3.63) is 116 Å². The predicted molar refractivity (Wildman–Crippen MR) is 133 cm³/mol. The fourth-order valence-corrected chi connectivity index (χ4v) is 10.9. The maximum absolute atomic E-state index is 15.6. The van der Waals surface area contributed by atoms with Crippen molar-refractivity contribution >= 4 is 34.9 Å². The van der Waals surface area contributed by atoms with Crippen LogP contribution < -0.4 is 21.5 Å². The zero-order valence-electron chi connectivity index (χ0n) is 23.3. The predicted octanol–water partition coefficient (Wildman–Crippen LogP) is 7.78. The molecule has 1 atom stereocenters. The van der Waals surface area contributed by atoms with Gasteiger partial charge in [0.25, 0.3) is 0 Å². The first-order valence-corrected chi connectivity index (χ1v) is 14.7. The van der Waals surface area contributed by atoms with Crippen molar-refractivity contribution in [2.45, 2.75) is 18.9 Å². The molecule has 0 spiro atoms. The lowest BCUT2D eigenvalue weighted by Gasteiger charge is -2.37. The summed E-state index contributed by atoms with van der Waals surface area (Å²) in [7, 11) is -6.54. The SMILES string of the molecule is CC1C[B-](c2c(F)c(F)c(F)c(F)c2F)(c2c(F)c(F)c(F)c(F)c2F)N=P1(c1c(F)c(F)c(F)c(F)c1F)c1c(F)c(F)c(F)c(F)c1F. The molecule has 0 aliphatic carbocycles. The molecule has 0 radical (unpaired) electrons. The van der Waals surface area contributed by atoms with Gasteiger partial charge in [0.1, 0.15) is 23.3 Å². The molecule has 0 aromatic heterocycles. The van der Waals surface area contributed by atoms with Crippen molar-refractivity contribution < 1.29 is 87.8 Å². The molecular formula is C27H6BF20NP-. The van der Waals surface area contributed by atoms with E-state index >= 15 is 35.1 Å². The van der Waals surface area contributed by atoms with Crippen molar-refractivity contribution in [1.82, 2.24) is 0 Å². The number of hydrogen-bond donors (Lipinski definition) is 0. The van der Waals surface area contributed by atoms with Crippen LogP contribution in [0.2, 0.25) is 6.32 Å². The third-order valence-electron chi connectivity index (χ3n) is 8.20. The van der Waals surface area contributed by atoms with Gasteiger partial charge in [0.05, 0.1) is 10.6 Å². The average molecular weight is 766 g/mol. The summed E-state index contributed by atoms with van der Waals surface area (Å²) >= 11 is 0. The van der Waals surface area contributed by atoms with Crippen molar-refractivity contribution in [1.29, 1.82) is 0 Å². The van der Waals surface area contributed by atoms with E-state index in [0.717, 1.165) is 0 Å². The highest BCUT2D eigenvalue weighted by molar-refractivity contribution is 7.83. The second-order valence-electron chi connectivity index (χ2n) is 10.7. The Balaban J connectivity index is 2.26. The van der Waals surface area contributed by atoms with Gasteiger partial charge in [-0.1, -0.05) is 6.92 Å². The monoisotopic (exact) mass is 766 g/mol. The Morgan fingerprint density at radius 1 is 0.360 bits per heavy atom. The Bertz CT molecular complexity index is 2000. The summed E-state index contributed by atoms with van der Waals surface area (Å²) in [5.41, 5.74) is -8.33. The summed E-state index contributed by atoms with van der Waals surface area (Å²) < 4.78 is 300. The van der Waals surface area contributed by atoms with Crippen LogP contribution in [0.5, 0.6) is 0 Å². The van der Waals surface area contributed by atoms with Crippen LogP contribution in [0.3, 0.4) is 0 Å². The molecule has 0 amide bonds. The Hall–Kier alpha value is -4.23. The molecule has 1 nitrogen and oxygen atoms in total. The zero-order chi connectivity index (χ0) is 37.8. The second kappa shape index (κ2) is 11.9. The molecular weight excluding hydrogens is 760 g/mol. The standard InChI is InChI=1S/C27H6BF20NP/c1-3-2-28(4-6(29)10(33)14(37)11(34)7(4)30,5-8(31)12(35)15(38)13(36)9(5)32)49-50(3,26-22(45)18(41)16(39)19(42)23(26)46)27-24(47)20(43)17(40)21(44)25(27)48/h3H,2H2,1H3/q-1. The molecule has 0 saturated carbocycles. The second-order valence-corrected chi connectivity index (χ2v) is 14.1. The van der Waals surface area contributed by atoms with E-state index < -0.39 is 163 Å². The summed E-state index contributed by atoms with van der Waals surface area (Å²) in [5.74, 6) is -62.8. The smallest absolute Gasteiger partial charge is 0.200 e. The number of halogens is 20. The van der Waals surface area contributed by atoms with Gasteiger partial charge in [-0.05, 0) is 12.7 Å². The number of nitrogens with zero attached hydrogens (tertiary/aromatic N) is 1. The lowest BCUT2D eigenvalue weighted by Crippen LogP contribution is -2.62. The normalized spacial score (nSPS) is 16.7. The van der Waals surface area contributed by atoms with Crippen LogP contribution in [0.1, 0.15) is 6.92 Å². The largest absolute Gasteiger partial charge is 0.494 e. The van der Waals surface area contributed by atoms with Gasteiger partial charge in [0.15, 0.2) is 87.7 Å². The van der Waals surface area contributed by atoms with Crippen LogP contribution in [0, 0.1) is 116 Å². The molecule has 23 heteroatoms. The van der Waals surface area contributed by atoms with E-state index in [0.29, 0.717) is 0 Å². The number of rotatable bonds is 4. The van der Waals surface area contributed by atoms with Gasteiger partial charge in [-0.3, -0.25) is 0 Å². The molecule has 268 valence electrons. The number of hydrogen-bond acceptors (Lipinski definition) is 1. The highest BCUT2D eigenvalue weighted by atomic mass is 31.2. The molecule has 1 aliphatic rings. The van der Waals surface area contributed by atoms with Gasteiger partial charge < -0.3 is 4.66 Å². The topological polar surface area (TPSA) is 12.4 Å². The molecule has 1 aliphatic heterocycles. The highest BCUT2D eigenvalue weighted by Crippen LogP contribution is 2.63. The molecule has 1 heterocycles. The van der Waals surface area contributed by atoms with Crippen molar-refractivity contribution in [3.8, 4) is 0 Å². The van der Waals surface area contributed by atoms with Crippen LogP contribution in [0.4, 0.5) is 87.8 Å². The molecule has 4 aromatic carbocycles. The minimum atomic E-state index is -6.54. The summed E-state index contributed by atoms with van der Waals surface area (Å²) in [4.78, 5) is 0. The molecule has 50 heavy (non-hydrogen) atoms. The van der Waals surface area contributed by atoms with E-state index in [2.05, 4.69) is 4.66 Å². The first-order chi connectivity index (χ1) is 23.0. The maximum atomic E-state index is 15.6. The number of benzene rings is 4. The first kappa shape index (κ1) is 37.0. The third-order valence-corrected chi connectivity index (χ3v) is 12.6. The van der Waals surface area contributed by atoms with E-state index in [1.54, 1.807) is 0 Å². The molecule has 0 N–H and O–H groups in total. The molecule has 4 aromatic rings. The van der Waals surface area contributed by atoms with Gasteiger partial charge in [-0.15, -0.1) is 17.2 Å². The molecule has 0 fully saturated rings. The van der Waals surface area contributed by atoms with Gasteiger partial charge in [-0.25, -0.2) is 87.8 Å². The van der Waals surface area contributed by atoms with Crippen LogP contribution in [-0.2, 0) is 0 Å². The maximum Gasteiger partial charge on any atom is 0.200 e. The summed E-state index contributed by atoms with van der Waals surface area (Å²) in [6, 6.07) is 0. The van der Waals surface area contributed by atoms with E-state index in [-0.39, 0.29) is 6.92 Å². The zero-order valence-corrected chi connectivity index (χ0v) is 24.2. The Kier molecular flexibility index (Phi) is 8.84. The third kappa shape index (κ3) is 4.54. The van der Waals surface area contributed by atoms with Crippen LogP contribution >= 0.6 is 7.05 Å². The lowest BCUT2D eigenvalue weighted by molar-refractivity contribution is 0.381. The Morgan fingerprint density at radius 2 is 0.560 bits per heavy atom. The fourth-order valence-electron chi connectivity index (χ4n) is 6.15. The van der Waals surface area contributed by atoms with E-state index in [1.165, 1.54) is 0 Å². The van der Waals surface area contributed by atoms with Crippen molar-refractivity contribution in [3.63, 3.8) is 0 Å². The van der Waals surface area contributed by atoms with E-state index in [1.807, 2.05) is 0 Å². The van der Waals surface area contributed by atoms with Gasteiger partial charge >= 0.3 is 0 Å². The van der Waals surface area contributed by atoms with Crippen molar-refractivity contribution in [2.24, 2.45) is 4.66 Å². The van der Waals surface area contributed by atoms with Crippen molar-refractivity contribution in [2.75, 3.05) is 0 Å². The van der Waals surface area contributed by atoms with Gasteiger partial charge in [-0.2, -0.15) is 0 Å². The minimum absolute atomic E-state index is 0.245. The van der Waals surface area contributed by atoms with Gasteiger partial charge in [0, 0.05) is 0 Å². The molecule has 0 bridgehead atoms. The Morgan fingerprint density at radius 3 is 0.800 bits per heavy atom. The summed E-state index contributed by atoms with van der Waals surface area (Å²) in [6.07, 6.45) is -7.82. The summed E-state index contributed by atoms with van der Waals surface area (Å²) in [6.45, 7) is 0.245. The average Bonchev–Trinajstić information content (AvgIpc) is 3.36. The molecule has 0 saturated heterocycles. The highest BCUT2D eigenvalue weighted by Gasteiger charge is 2.54. The van der Waals surface area contributed by atoms with E-state index in [9.17, 15) is 52.7 Å². The first-order valence-electron chi connectivity index (χ1n) is 12.9. The quantitative estimate of drug-likeness (QED) is 0.0662. The summed E-state index contributed by atoms with van der Waals surface area (Å²) in [5, 5.41) is -5.41. The lowest BCUT2D eigenvalue weighted by atomic mass is 9.26. The fraction of sp³-hybridized carbons (Fsp3) is 0.111. The molecule has 5 rings (SSSR count). The van der Waals surface area contributed by atoms with Gasteiger partial charge in [0.2, 0.25) is 11.6 Å². The Labute approximate surface area is 263 Å². The molecule has 1 unspecified atom stereocenters. The van der Waals surface area contributed by atoms with Crippen LogP contribution in [0.25, 0.3) is 0 Å². The van der Waals surface area contributed by atoms with Crippen LogP contribution in [-0.4, -0.2) is 11.9 Å². The minimum Gasteiger partial charge on any atom is -0.494 e. The van der Waals surface area contributed by atoms with E-state index in [4.69, 9.17) is 0 Å². The van der Waals surface area contributed by atoms with Crippen LogP contribution in [0.15, 0.2) is 4.66 Å².